The lowest BCUT2D eigenvalue weighted by Crippen LogP contribution is -1.77. The summed E-state index contributed by atoms with van der Waals surface area (Å²) < 4.78 is 0. The number of unbranched alkanes of at least 4 members (excludes halogenated alkanes) is 6. The SMILES string of the molecule is CC=CCCCCCCCC=CC. The highest BCUT2D eigenvalue weighted by atomic mass is 13.9. The monoisotopic (exact) mass is 180 g/mol. The van der Waals surface area contributed by atoms with Gasteiger partial charge >= 0.3 is 0 Å². The predicted octanol–water partition coefficient (Wildman–Crippen LogP) is 4.87. The Morgan fingerprint density at radius 2 is 1.00 bits per heavy atom. The summed E-state index contributed by atoms with van der Waals surface area (Å²) in [5.41, 5.74) is 0. The summed E-state index contributed by atoms with van der Waals surface area (Å²) in [6.45, 7) is 4.19. The Morgan fingerprint density at radius 3 is 1.38 bits per heavy atom. The summed E-state index contributed by atoms with van der Waals surface area (Å²) >= 11 is 0. The molecule has 0 amide bonds. The zero-order chi connectivity index (χ0) is 9.78. The van der Waals surface area contributed by atoms with Gasteiger partial charge < -0.3 is 0 Å². The Kier molecular flexibility index (Phi) is 11.0. The molecule has 0 aromatic heterocycles. The fourth-order valence-electron chi connectivity index (χ4n) is 1.39. The van der Waals surface area contributed by atoms with Crippen LogP contribution < -0.4 is 0 Å². The van der Waals surface area contributed by atoms with Crippen molar-refractivity contribution < 1.29 is 0 Å². The van der Waals surface area contributed by atoms with Crippen LogP contribution in [0.2, 0.25) is 0 Å². The van der Waals surface area contributed by atoms with Gasteiger partial charge in [0.05, 0.1) is 0 Å². The van der Waals surface area contributed by atoms with Crippen molar-refractivity contribution >= 4 is 0 Å². The van der Waals surface area contributed by atoms with E-state index in [4.69, 9.17) is 0 Å². The summed E-state index contributed by atoms with van der Waals surface area (Å²) in [7, 11) is 0. The van der Waals surface area contributed by atoms with E-state index in [9.17, 15) is 0 Å². The molecule has 13 heavy (non-hydrogen) atoms. The molecule has 0 N–H and O–H groups in total. The second-order valence-electron chi connectivity index (χ2n) is 3.48. The van der Waals surface area contributed by atoms with E-state index in [0.29, 0.717) is 0 Å². The Bertz CT molecular complexity index is 115. The standard InChI is InChI=1S/C13H24/c1-3-5-7-9-11-13-12-10-8-6-4-2/h3-6H,7-13H2,1-2H3. The van der Waals surface area contributed by atoms with Gasteiger partial charge in [-0.2, -0.15) is 0 Å². The van der Waals surface area contributed by atoms with E-state index in [1.54, 1.807) is 0 Å². The molecular weight excluding hydrogens is 156 g/mol. The minimum Gasteiger partial charge on any atom is -0.0917 e. The molecule has 0 rings (SSSR count). The highest BCUT2D eigenvalue weighted by Gasteiger charge is 1.87. The van der Waals surface area contributed by atoms with E-state index in [2.05, 4.69) is 38.2 Å². The third kappa shape index (κ3) is 11.5. The lowest BCUT2D eigenvalue weighted by Gasteiger charge is -1.97. The van der Waals surface area contributed by atoms with Crippen LogP contribution in [0.25, 0.3) is 0 Å². The average Bonchev–Trinajstić information content (AvgIpc) is 2.16. The quantitative estimate of drug-likeness (QED) is 0.369. The van der Waals surface area contributed by atoms with Gasteiger partial charge in [0.1, 0.15) is 0 Å². The normalized spacial score (nSPS) is 11.8. The number of rotatable bonds is 8. The molecule has 0 aromatic carbocycles. The van der Waals surface area contributed by atoms with Crippen LogP contribution >= 0.6 is 0 Å². The topological polar surface area (TPSA) is 0 Å². The molecule has 0 aliphatic heterocycles. The summed E-state index contributed by atoms with van der Waals surface area (Å²) in [6, 6.07) is 0. The Morgan fingerprint density at radius 1 is 0.615 bits per heavy atom. The molecule has 0 nitrogen and oxygen atoms in total. The maximum atomic E-state index is 2.26. The van der Waals surface area contributed by atoms with Gasteiger partial charge in [-0.05, 0) is 39.5 Å². The minimum absolute atomic E-state index is 1.27. The van der Waals surface area contributed by atoms with Crippen LogP contribution in [0, 0.1) is 0 Å². The van der Waals surface area contributed by atoms with Gasteiger partial charge in [0.25, 0.3) is 0 Å². The van der Waals surface area contributed by atoms with E-state index in [0.717, 1.165) is 0 Å². The van der Waals surface area contributed by atoms with Crippen LogP contribution in [0.1, 0.15) is 58.8 Å². The zero-order valence-electron chi connectivity index (χ0n) is 9.26. The first kappa shape index (κ1) is 12.5. The molecule has 76 valence electrons. The summed E-state index contributed by atoms with van der Waals surface area (Å²) in [5.74, 6) is 0. The van der Waals surface area contributed by atoms with Gasteiger partial charge in [-0.1, -0.05) is 43.6 Å². The molecule has 0 aliphatic rings. The predicted molar refractivity (Wildman–Crippen MR) is 61.9 cm³/mol. The molecule has 0 radical (unpaired) electrons. The lowest BCUT2D eigenvalue weighted by molar-refractivity contribution is 0.622. The molecule has 0 heteroatoms. The first-order valence-electron chi connectivity index (χ1n) is 5.64. The number of allylic oxidation sites excluding steroid dienone is 4. The zero-order valence-corrected chi connectivity index (χ0v) is 9.26. The van der Waals surface area contributed by atoms with Crippen LogP contribution in [-0.4, -0.2) is 0 Å². The molecule has 0 unspecified atom stereocenters. The molecular formula is C13H24. The smallest absolute Gasteiger partial charge is 0.0351 e. The van der Waals surface area contributed by atoms with Gasteiger partial charge in [-0.25, -0.2) is 0 Å². The average molecular weight is 180 g/mol. The summed E-state index contributed by atoms with van der Waals surface area (Å²) in [5, 5.41) is 0. The van der Waals surface area contributed by atoms with Crippen molar-refractivity contribution in [2.75, 3.05) is 0 Å². The van der Waals surface area contributed by atoms with E-state index >= 15 is 0 Å². The molecule has 0 atom stereocenters. The number of hydrogen-bond donors (Lipinski definition) is 0. The van der Waals surface area contributed by atoms with Crippen molar-refractivity contribution in [1.29, 1.82) is 0 Å². The van der Waals surface area contributed by atoms with Crippen LogP contribution in [0.4, 0.5) is 0 Å². The third-order valence-corrected chi connectivity index (χ3v) is 2.21. The van der Waals surface area contributed by atoms with Crippen LogP contribution in [-0.2, 0) is 0 Å². The Hall–Kier alpha value is -0.520. The van der Waals surface area contributed by atoms with Crippen molar-refractivity contribution in [3.8, 4) is 0 Å². The fraction of sp³-hybridized carbons (Fsp3) is 0.692. The van der Waals surface area contributed by atoms with Crippen molar-refractivity contribution in [3.05, 3.63) is 24.3 Å². The third-order valence-electron chi connectivity index (χ3n) is 2.21. The minimum atomic E-state index is 1.27. The van der Waals surface area contributed by atoms with Crippen molar-refractivity contribution in [2.45, 2.75) is 58.8 Å². The maximum Gasteiger partial charge on any atom is -0.0351 e. The van der Waals surface area contributed by atoms with Gasteiger partial charge in [-0.15, -0.1) is 0 Å². The van der Waals surface area contributed by atoms with E-state index in [1.807, 2.05) is 0 Å². The van der Waals surface area contributed by atoms with Crippen LogP contribution in [0.5, 0.6) is 0 Å². The molecule has 0 aliphatic carbocycles. The van der Waals surface area contributed by atoms with Gasteiger partial charge in [-0.3, -0.25) is 0 Å². The van der Waals surface area contributed by atoms with Crippen molar-refractivity contribution in [3.63, 3.8) is 0 Å². The highest BCUT2D eigenvalue weighted by Crippen LogP contribution is 2.07. The van der Waals surface area contributed by atoms with Crippen molar-refractivity contribution in [2.24, 2.45) is 0 Å². The Labute approximate surface area is 83.7 Å². The molecule has 0 heterocycles. The fourth-order valence-corrected chi connectivity index (χ4v) is 1.39. The van der Waals surface area contributed by atoms with Gasteiger partial charge in [0.2, 0.25) is 0 Å². The lowest BCUT2D eigenvalue weighted by atomic mass is 10.1. The molecule has 0 fully saturated rings. The largest absolute Gasteiger partial charge is 0.0917 e. The van der Waals surface area contributed by atoms with Crippen LogP contribution in [0.3, 0.4) is 0 Å². The second kappa shape index (κ2) is 11.5. The Balaban J connectivity index is 2.91. The van der Waals surface area contributed by atoms with Crippen LogP contribution in [0.15, 0.2) is 24.3 Å². The van der Waals surface area contributed by atoms with E-state index in [-0.39, 0.29) is 0 Å². The molecule has 0 saturated heterocycles. The first-order valence-corrected chi connectivity index (χ1v) is 5.64. The maximum absolute atomic E-state index is 2.26. The molecule has 0 spiro atoms. The molecule has 0 aromatic rings. The summed E-state index contributed by atoms with van der Waals surface area (Å²) in [4.78, 5) is 0. The highest BCUT2D eigenvalue weighted by molar-refractivity contribution is 4.77. The van der Waals surface area contributed by atoms with E-state index in [1.165, 1.54) is 44.9 Å². The van der Waals surface area contributed by atoms with Gasteiger partial charge in [0, 0.05) is 0 Å². The number of hydrogen-bond acceptors (Lipinski definition) is 0. The second-order valence-corrected chi connectivity index (χ2v) is 3.48. The molecule has 0 bridgehead atoms. The first-order chi connectivity index (χ1) is 6.41. The van der Waals surface area contributed by atoms with E-state index < -0.39 is 0 Å². The van der Waals surface area contributed by atoms with Gasteiger partial charge in [0.15, 0.2) is 0 Å². The summed E-state index contributed by atoms with van der Waals surface area (Å²) in [6.07, 6.45) is 18.3. The van der Waals surface area contributed by atoms with Crippen molar-refractivity contribution in [1.82, 2.24) is 0 Å². The molecule has 0 saturated carbocycles.